The molecule has 0 aliphatic heterocycles. The summed E-state index contributed by atoms with van der Waals surface area (Å²) in [6.07, 6.45) is 1.58. The number of anilines is 2. The van der Waals surface area contributed by atoms with Gasteiger partial charge in [-0.05, 0) is 67.3 Å². The third kappa shape index (κ3) is 5.72. The van der Waals surface area contributed by atoms with E-state index in [1.807, 2.05) is 25.1 Å². The highest BCUT2D eigenvalue weighted by Gasteiger charge is 2.10. The summed E-state index contributed by atoms with van der Waals surface area (Å²) < 4.78 is 13.3. The lowest BCUT2D eigenvalue weighted by molar-refractivity contribution is 0.102. The van der Waals surface area contributed by atoms with Crippen LogP contribution in [0.5, 0.6) is 0 Å². The molecule has 2 N–H and O–H groups in total. The molecule has 0 aliphatic carbocycles. The number of benzene rings is 3. The smallest absolute Gasteiger partial charge is 0.255 e. The molecule has 5 heteroatoms. The standard InChI is InChI=1S/C24H23FN2OS/c1-16-6-3-4-7-18(16)12-13-23(29)27-22-14-19(11-10-17(22)2)24(28)26-21-9-5-8-20(25)15-21/h3-11,14-15H,12-13H2,1-2H3,(H,26,28)(H,27,29). The molecule has 3 nitrogen and oxygen atoms in total. The fourth-order valence-electron chi connectivity index (χ4n) is 3.02. The molecular formula is C24H23FN2OS. The van der Waals surface area contributed by atoms with Gasteiger partial charge in [-0.1, -0.05) is 48.6 Å². The van der Waals surface area contributed by atoms with Gasteiger partial charge in [-0.25, -0.2) is 4.39 Å². The van der Waals surface area contributed by atoms with Crippen LogP contribution in [-0.4, -0.2) is 10.9 Å². The van der Waals surface area contributed by atoms with Crippen molar-refractivity contribution in [1.82, 2.24) is 0 Å². The average Bonchev–Trinajstić information content (AvgIpc) is 2.69. The minimum absolute atomic E-state index is 0.301. The van der Waals surface area contributed by atoms with E-state index in [0.29, 0.717) is 11.3 Å². The summed E-state index contributed by atoms with van der Waals surface area (Å²) in [5, 5.41) is 5.97. The zero-order valence-corrected chi connectivity index (χ0v) is 17.3. The molecule has 1 amide bonds. The van der Waals surface area contributed by atoms with Gasteiger partial charge in [0.25, 0.3) is 5.91 Å². The Morgan fingerprint density at radius 1 is 0.931 bits per heavy atom. The summed E-state index contributed by atoms with van der Waals surface area (Å²) in [5.74, 6) is -0.697. The Morgan fingerprint density at radius 2 is 1.72 bits per heavy atom. The van der Waals surface area contributed by atoms with Crippen LogP contribution in [0.25, 0.3) is 0 Å². The Kier molecular flexibility index (Phi) is 6.73. The van der Waals surface area contributed by atoms with Gasteiger partial charge >= 0.3 is 0 Å². The van der Waals surface area contributed by atoms with Crippen molar-refractivity contribution in [3.8, 4) is 0 Å². The van der Waals surface area contributed by atoms with Gasteiger partial charge in [-0.2, -0.15) is 0 Å². The number of thiocarbonyl (C=S) groups is 1. The molecule has 0 saturated carbocycles. The van der Waals surface area contributed by atoms with Gasteiger partial charge < -0.3 is 10.6 Å². The monoisotopic (exact) mass is 406 g/mol. The van der Waals surface area contributed by atoms with Crippen molar-refractivity contribution in [2.45, 2.75) is 26.7 Å². The van der Waals surface area contributed by atoms with E-state index >= 15 is 0 Å². The molecule has 0 aliphatic rings. The molecule has 0 aromatic heterocycles. The summed E-state index contributed by atoms with van der Waals surface area (Å²) in [6, 6.07) is 19.5. The van der Waals surface area contributed by atoms with Gasteiger partial charge in [0.15, 0.2) is 0 Å². The van der Waals surface area contributed by atoms with Crippen LogP contribution < -0.4 is 10.6 Å². The highest BCUT2D eigenvalue weighted by Crippen LogP contribution is 2.20. The topological polar surface area (TPSA) is 41.1 Å². The Hall–Kier alpha value is -3.05. The summed E-state index contributed by atoms with van der Waals surface area (Å²) >= 11 is 5.51. The third-order valence-electron chi connectivity index (χ3n) is 4.74. The lowest BCUT2D eigenvalue weighted by Gasteiger charge is -2.13. The van der Waals surface area contributed by atoms with E-state index < -0.39 is 5.82 Å². The lowest BCUT2D eigenvalue weighted by atomic mass is 10.0. The van der Waals surface area contributed by atoms with Crippen LogP contribution in [0.1, 0.15) is 33.5 Å². The van der Waals surface area contributed by atoms with Gasteiger partial charge in [-0.15, -0.1) is 0 Å². The Morgan fingerprint density at radius 3 is 2.48 bits per heavy atom. The molecule has 3 aromatic rings. The second-order valence-corrected chi connectivity index (χ2v) is 7.46. The molecule has 0 atom stereocenters. The molecule has 0 spiro atoms. The van der Waals surface area contributed by atoms with Crippen molar-refractivity contribution in [3.05, 3.63) is 94.8 Å². The average molecular weight is 407 g/mol. The van der Waals surface area contributed by atoms with Crippen LogP contribution >= 0.6 is 12.2 Å². The summed E-state index contributed by atoms with van der Waals surface area (Å²) in [4.78, 5) is 13.3. The van der Waals surface area contributed by atoms with Gasteiger partial charge in [0.05, 0.1) is 4.99 Å². The zero-order valence-electron chi connectivity index (χ0n) is 16.5. The number of rotatable bonds is 6. The second-order valence-electron chi connectivity index (χ2n) is 6.97. The summed E-state index contributed by atoms with van der Waals surface area (Å²) in [6.45, 7) is 4.05. The Balaban J connectivity index is 1.66. The molecule has 148 valence electrons. The number of aryl methyl sites for hydroxylation is 3. The molecule has 0 heterocycles. The van der Waals surface area contributed by atoms with Crippen molar-refractivity contribution >= 4 is 34.5 Å². The molecule has 0 bridgehead atoms. The van der Waals surface area contributed by atoms with Gasteiger partial charge in [0.1, 0.15) is 5.82 Å². The van der Waals surface area contributed by atoms with E-state index in [2.05, 4.69) is 29.7 Å². The minimum atomic E-state index is -0.395. The predicted octanol–water partition coefficient (Wildman–Crippen LogP) is 6.07. The van der Waals surface area contributed by atoms with Crippen LogP contribution in [-0.2, 0) is 6.42 Å². The van der Waals surface area contributed by atoms with Crippen LogP contribution in [0.15, 0.2) is 66.7 Å². The van der Waals surface area contributed by atoms with E-state index in [1.54, 1.807) is 24.3 Å². The van der Waals surface area contributed by atoms with Crippen molar-refractivity contribution in [2.75, 3.05) is 10.6 Å². The van der Waals surface area contributed by atoms with Gasteiger partial charge in [0.2, 0.25) is 0 Å². The van der Waals surface area contributed by atoms with Crippen LogP contribution in [0.3, 0.4) is 0 Å². The number of halogens is 1. The Bertz CT molecular complexity index is 1050. The molecule has 0 saturated heterocycles. The quantitative estimate of drug-likeness (QED) is 0.488. The SMILES string of the molecule is Cc1ccccc1CCC(=S)Nc1cc(C(=O)Nc2cccc(F)c2)ccc1C. The van der Waals surface area contributed by atoms with E-state index in [0.717, 1.165) is 29.1 Å². The molecule has 3 aromatic carbocycles. The number of amides is 1. The van der Waals surface area contributed by atoms with E-state index in [1.165, 1.54) is 23.3 Å². The summed E-state index contributed by atoms with van der Waals surface area (Å²) in [5.41, 5.74) is 5.21. The first-order valence-corrected chi connectivity index (χ1v) is 9.85. The number of nitrogens with one attached hydrogen (secondary N) is 2. The number of carbonyl (C=O) groups is 1. The Labute approximate surface area is 176 Å². The highest BCUT2D eigenvalue weighted by atomic mass is 32.1. The molecule has 0 fully saturated rings. The second kappa shape index (κ2) is 9.43. The minimum Gasteiger partial charge on any atom is -0.350 e. The number of hydrogen-bond donors (Lipinski definition) is 2. The fraction of sp³-hybridized carbons (Fsp3) is 0.167. The molecular weight excluding hydrogens is 383 g/mol. The fourth-order valence-corrected chi connectivity index (χ4v) is 3.23. The van der Waals surface area contributed by atoms with Crippen molar-refractivity contribution in [3.63, 3.8) is 0 Å². The van der Waals surface area contributed by atoms with E-state index in [4.69, 9.17) is 12.2 Å². The maximum Gasteiger partial charge on any atom is 0.255 e. The largest absolute Gasteiger partial charge is 0.350 e. The predicted molar refractivity (Wildman–Crippen MR) is 121 cm³/mol. The van der Waals surface area contributed by atoms with Gasteiger partial charge in [0, 0.05) is 23.4 Å². The third-order valence-corrected chi connectivity index (χ3v) is 5.05. The lowest BCUT2D eigenvalue weighted by Crippen LogP contribution is -2.15. The van der Waals surface area contributed by atoms with Crippen LogP contribution in [0, 0.1) is 19.7 Å². The van der Waals surface area contributed by atoms with Crippen molar-refractivity contribution in [1.29, 1.82) is 0 Å². The first kappa shape index (κ1) is 20.7. The van der Waals surface area contributed by atoms with Crippen molar-refractivity contribution in [2.24, 2.45) is 0 Å². The van der Waals surface area contributed by atoms with Gasteiger partial charge in [-0.3, -0.25) is 4.79 Å². The maximum absolute atomic E-state index is 13.3. The van der Waals surface area contributed by atoms with E-state index in [9.17, 15) is 9.18 Å². The number of carbonyl (C=O) groups excluding carboxylic acids is 1. The summed E-state index contributed by atoms with van der Waals surface area (Å²) in [7, 11) is 0. The first-order valence-electron chi connectivity index (χ1n) is 9.44. The molecule has 0 unspecified atom stereocenters. The molecule has 29 heavy (non-hydrogen) atoms. The molecule has 3 rings (SSSR count). The van der Waals surface area contributed by atoms with Crippen LogP contribution in [0.4, 0.5) is 15.8 Å². The number of hydrogen-bond acceptors (Lipinski definition) is 2. The zero-order chi connectivity index (χ0) is 20.8. The first-order chi connectivity index (χ1) is 13.9. The maximum atomic E-state index is 13.3. The van der Waals surface area contributed by atoms with E-state index in [-0.39, 0.29) is 5.91 Å². The normalized spacial score (nSPS) is 10.4. The van der Waals surface area contributed by atoms with Crippen molar-refractivity contribution < 1.29 is 9.18 Å². The van der Waals surface area contributed by atoms with Crippen LogP contribution in [0.2, 0.25) is 0 Å². The molecule has 0 radical (unpaired) electrons. The highest BCUT2D eigenvalue weighted by molar-refractivity contribution is 7.80.